The highest BCUT2D eigenvalue weighted by Gasteiger charge is 2.12. The molecule has 1 aromatic carbocycles. The van der Waals surface area contributed by atoms with Gasteiger partial charge in [-0.1, -0.05) is 18.2 Å². The highest BCUT2D eigenvalue weighted by atomic mass is 35.5. The Morgan fingerprint density at radius 2 is 2.00 bits per heavy atom. The second kappa shape index (κ2) is 7.25. The van der Waals surface area contributed by atoms with Gasteiger partial charge in [0, 0.05) is 6.04 Å². The molecule has 17 heavy (non-hydrogen) atoms. The van der Waals surface area contributed by atoms with Crippen molar-refractivity contribution in [1.82, 2.24) is 5.32 Å². The van der Waals surface area contributed by atoms with Crippen molar-refractivity contribution in [2.45, 2.75) is 32.4 Å². The van der Waals surface area contributed by atoms with Crippen molar-refractivity contribution in [2.75, 3.05) is 0 Å². The van der Waals surface area contributed by atoms with Gasteiger partial charge in [-0.2, -0.15) is 0 Å². The van der Waals surface area contributed by atoms with E-state index in [1.165, 1.54) is 6.07 Å². The fourth-order valence-corrected chi connectivity index (χ4v) is 1.42. The number of carbonyl (C=O) groups is 1. The quantitative estimate of drug-likeness (QED) is 0.865. The van der Waals surface area contributed by atoms with Crippen LogP contribution in [-0.4, -0.2) is 18.0 Å². The summed E-state index contributed by atoms with van der Waals surface area (Å²) in [6.45, 7) is 3.44. The first-order valence-electron chi connectivity index (χ1n) is 5.30. The average molecular weight is 261 g/mol. The summed E-state index contributed by atoms with van der Waals surface area (Å²) >= 11 is 0. The van der Waals surface area contributed by atoms with Gasteiger partial charge < -0.3 is 11.1 Å². The summed E-state index contributed by atoms with van der Waals surface area (Å²) < 4.78 is 13.3. The summed E-state index contributed by atoms with van der Waals surface area (Å²) in [4.78, 5) is 11.3. The van der Waals surface area contributed by atoms with Crippen LogP contribution >= 0.6 is 12.4 Å². The Morgan fingerprint density at radius 1 is 1.41 bits per heavy atom. The number of halogens is 2. The van der Waals surface area contributed by atoms with Crippen LogP contribution in [0.2, 0.25) is 0 Å². The highest BCUT2D eigenvalue weighted by molar-refractivity contribution is 5.85. The first-order valence-corrected chi connectivity index (χ1v) is 5.30. The molecule has 0 fully saturated rings. The van der Waals surface area contributed by atoms with Crippen molar-refractivity contribution in [3.05, 3.63) is 35.6 Å². The molecule has 0 bridgehead atoms. The largest absolute Gasteiger partial charge is 0.352 e. The fourth-order valence-electron chi connectivity index (χ4n) is 1.42. The zero-order valence-electron chi connectivity index (χ0n) is 9.94. The summed E-state index contributed by atoms with van der Waals surface area (Å²) in [7, 11) is 0. The zero-order chi connectivity index (χ0) is 12.1. The van der Waals surface area contributed by atoms with Crippen molar-refractivity contribution >= 4 is 18.3 Å². The molecular formula is C12H18ClFN2O. The van der Waals surface area contributed by atoms with Crippen molar-refractivity contribution in [1.29, 1.82) is 0 Å². The van der Waals surface area contributed by atoms with E-state index < -0.39 is 6.04 Å². The van der Waals surface area contributed by atoms with E-state index in [0.717, 1.165) is 0 Å². The molecule has 0 aromatic heterocycles. The van der Waals surface area contributed by atoms with Gasteiger partial charge in [0.1, 0.15) is 5.82 Å². The third kappa shape index (κ3) is 5.15. The minimum absolute atomic E-state index is 0. The number of hydrogen-bond acceptors (Lipinski definition) is 2. The molecule has 1 aromatic rings. The Labute approximate surface area is 107 Å². The first kappa shape index (κ1) is 15.9. The van der Waals surface area contributed by atoms with Gasteiger partial charge in [-0.25, -0.2) is 4.39 Å². The molecule has 0 radical (unpaired) electrons. The minimum atomic E-state index is -0.539. The van der Waals surface area contributed by atoms with Crippen LogP contribution in [0.5, 0.6) is 0 Å². The molecule has 1 rings (SSSR count). The van der Waals surface area contributed by atoms with E-state index in [9.17, 15) is 9.18 Å². The standard InChI is InChI=1S/C12H17FN2O.ClH/c1-8(15-12(16)9(2)14)7-10-5-3-4-6-11(10)13;/h3-6,8-9H,7,14H2,1-2H3,(H,15,16);1H/t8?,9-;/m1./s1. The smallest absolute Gasteiger partial charge is 0.236 e. The van der Waals surface area contributed by atoms with Gasteiger partial charge in [-0.3, -0.25) is 4.79 Å². The maximum atomic E-state index is 13.3. The van der Waals surface area contributed by atoms with E-state index in [1.807, 2.05) is 6.92 Å². The summed E-state index contributed by atoms with van der Waals surface area (Å²) in [5.74, 6) is -0.465. The van der Waals surface area contributed by atoms with Crippen LogP contribution in [0, 0.1) is 5.82 Å². The number of nitrogens with two attached hydrogens (primary N) is 1. The van der Waals surface area contributed by atoms with E-state index >= 15 is 0 Å². The van der Waals surface area contributed by atoms with Crippen LogP contribution < -0.4 is 11.1 Å². The van der Waals surface area contributed by atoms with Gasteiger partial charge in [0.05, 0.1) is 6.04 Å². The van der Waals surface area contributed by atoms with E-state index in [1.54, 1.807) is 25.1 Å². The Kier molecular flexibility index (Phi) is 6.76. The van der Waals surface area contributed by atoms with Crippen LogP contribution in [-0.2, 0) is 11.2 Å². The van der Waals surface area contributed by atoms with Gasteiger partial charge in [-0.05, 0) is 31.9 Å². The van der Waals surface area contributed by atoms with Crippen molar-refractivity contribution < 1.29 is 9.18 Å². The van der Waals surface area contributed by atoms with E-state index in [-0.39, 0.29) is 30.2 Å². The van der Waals surface area contributed by atoms with Gasteiger partial charge in [0.15, 0.2) is 0 Å². The molecule has 0 spiro atoms. The van der Waals surface area contributed by atoms with E-state index in [0.29, 0.717) is 12.0 Å². The van der Waals surface area contributed by atoms with Gasteiger partial charge in [0.25, 0.3) is 0 Å². The van der Waals surface area contributed by atoms with Crippen molar-refractivity contribution in [2.24, 2.45) is 5.73 Å². The predicted octanol–water partition coefficient (Wildman–Crippen LogP) is 1.64. The first-order chi connectivity index (χ1) is 7.50. The molecular weight excluding hydrogens is 243 g/mol. The van der Waals surface area contributed by atoms with Crippen LogP contribution in [0.4, 0.5) is 4.39 Å². The number of rotatable bonds is 4. The minimum Gasteiger partial charge on any atom is -0.352 e. The lowest BCUT2D eigenvalue weighted by molar-refractivity contribution is -0.122. The number of nitrogens with one attached hydrogen (secondary N) is 1. The maximum Gasteiger partial charge on any atom is 0.236 e. The van der Waals surface area contributed by atoms with Crippen LogP contribution in [0.25, 0.3) is 0 Å². The molecule has 0 saturated carbocycles. The van der Waals surface area contributed by atoms with E-state index in [4.69, 9.17) is 5.73 Å². The van der Waals surface area contributed by atoms with Gasteiger partial charge >= 0.3 is 0 Å². The van der Waals surface area contributed by atoms with Crippen LogP contribution in [0.3, 0.4) is 0 Å². The molecule has 3 nitrogen and oxygen atoms in total. The van der Waals surface area contributed by atoms with Crippen molar-refractivity contribution in [3.63, 3.8) is 0 Å². The molecule has 2 atom stereocenters. The third-order valence-corrected chi connectivity index (χ3v) is 2.29. The number of hydrogen-bond donors (Lipinski definition) is 2. The molecule has 1 amide bonds. The molecule has 0 saturated heterocycles. The molecule has 5 heteroatoms. The topological polar surface area (TPSA) is 55.1 Å². The Balaban J connectivity index is 0.00000256. The molecule has 0 aliphatic heterocycles. The van der Waals surface area contributed by atoms with Crippen LogP contribution in [0.15, 0.2) is 24.3 Å². The summed E-state index contributed by atoms with van der Waals surface area (Å²) in [5, 5.41) is 2.72. The third-order valence-electron chi connectivity index (χ3n) is 2.29. The molecule has 3 N–H and O–H groups in total. The fraction of sp³-hybridized carbons (Fsp3) is 0.417. The molecule has 96 valence electrons. The van der Waals surface area contributed by atoms with Gasteiger partial charge in [0.2, 0.25) is 5.91 Å². The van der Waals surface area contributed by atoms with Gasteiger partial charge in [-0.15, -0.1) is 12.4 Å². The SMILES string of the molecule is CC(Cc1ccccc1F)NC(=O)[C@@H](C)N.Cl. The average Bonchev–Trinajstić information content (AvgIpc) is 2.21. The Bertz CT molecular complexity index is 371. The predicted molar refractivity (Wildman–Crippen MR) is 68.6 cm³/mol. The summed E-state index contributed by atoms with van der Waals surface area (Å²) in [6, 6.07) is 5.88. The molecule has 0 aliphatic carbocycles. The summed E-state index contributed by atoms with van der Waals surface area (Å²) in [5.41, 5.74) is 6.02. The Morgan fingerprint density at radius 3 is 2.53 bits per heavy atom. The lowest BCUT2D eigenvalue weighted by Crippen LogP contribution is -2.43. The lowest BCUT2D eigenvalue weighted by Gasteiger charge is -2.15. The molecule has 1 unspecified atom stereocenters. The van der Waals surface area contributed by atoms with Crippen molar-refractivity contribution in [3.8, 4) is 0 Å². The zero-order valence-corrected chi connectivity index (χ0v) is 10.8. The molecule has 0 heterocycles. The lowest BCUT2D eigenvalue weighted by atomic mass is 10.1. The normalized spacial score (nSPS) is 13.4. The highest BCUT2D eigenvalue weighted by Crippen LogP contribution is 2.08. The second-order valence-corrected chi connectivity index (χ2v) is 3.99. The number of carbonyl (C=O) groups excluding carboxylic acids is 1. The van der Waals surface area contributed by atoms with Crippen LogP contribution in [0.1, 0.15) is 19.4 Å². The second-order valence-electron chi connectivity index (χ2n) is 3.99. The number of amides is 1. The monoisotopic (exact) mass is 260 g/mol. The Hall–Kier alpha value is -1.13. The maximum absolute atomic E-state index is 13.3. The summed E-state index contributed by atoms with van der Waals surface area (Å²) in [6.07, 6.45) is 0.463. The molecule has 0 aliphatic rings. The van der Waals surface area contributed by atoms with E-state index in [2.05, 4.69) is 5.32 Å². The number of benzene rings is 1.